The van der Waals surface area contributed by atoms with Gasteiger partial charge in [0.1, 0.15) is 0 Å². The molecule has 0 aromatic carbocycles. The highest BCUT2D eigenvalue weighted by atomic mass is 32.2. The van der Waals surface area contributed by atoms with Crippen molar-refractivity contribution in [1.82, 2.24) is 9.71 Å². The molecule has 0 saturated carbocycles. The predicted octanol–water partition coefficient (Wildman–Crippen LogP) is 1.06. The monoisotopic (exact) mass is 244 g/mol. The molecule has 4 nitrogen and oxygen atoms in total. The Bertz CT molecular complexity index is 464. The summed E-state index contributed by atoms with van der Waals surface area (Å²) in [6, 6.07) is -0.0130. The van der Waals surface area contributed by atoms with E-state index in [0.29, 0.717) is 0 Å². The largest absolute Gasteiger partial charge is 0.249 e. The molecular formula is C9H12N2O2S2. The second kappa shape index (κ2) is 4.03. The van der Waals surface area contributed by atoms with Crippen molar-refractivity contribution in [3.63, 3.8) is 0 Å². The summed E-state index contributed by atoms with van der Waals surface area (Å²) in [6.45, 7) is 3.27. The van der Waals surface area contributed by atoms with Gasteiger partial charge in [-0.3, -0.25) is 0 Å². The Hall–Kier alpha value is -0.720. The number of rotatable bonds is 3. The van der Waals surface area contributed by atoms with Crippen molar-refractivity contribution >= 4 is 21.4 Å². The maximum absolute atomic E-state index is 11.3. The van der Waals surface area contributed by atoms with Crippen LogP contribution in [0.2, 0.25) is 0 Å². The topological polar surface area (TPSA) is 59.1 Å². The zero-order chi connectivity index (χ0) is 10.9. The van der Waals surface area contributed by atoms with Crippen LogP contribution >= 0.6 is 11.3 Å². The van der Waals surface area contributed by atoms with Crippen LogP contribution in [-0.2, 0) is 22.9 Å². The first-order chi connectivity index (χ1) is 7.11. The molecule has 1 unspecified atom stereocenters. The number of sulfonamides is 1. The van der Waals surface area contributed by atoms with E-state index < -0.39 is 10.0 Å². The Labute approximate surface area is 93.1 Å². The van der Waals surface area contributed by atoms with Crippen LogP contribution in [0.1, 0.15) is 17.0 Å². The van der Waals surface area contributed by atoms with E-state index in [1.807, 2.05) is 5.51 Å². The minimum atomic E-state index is -3.31. The Morgan fingerprint density at radius 3 is 3.20 bits per heavy atom. The SMILES string of the molecule is C=CS(=O)(=O)NC1CCc2ncsc2C1. The van der Waals surface area contributed by atoms with E-state index in [1.165, 1.54) is 4.88 Å². The van der Waals surface area contributed by atoms with Crippen LogP contribution in [0.3, 0.4) is 0 Å². The third kappa shape index (κ3) is 2.45. The van der Waals surface area contributed by atoms with E-state index in [2.05, 4.69) is 16.3 Å². The molecule has 0 radical (unpaired) electrons. The molecule has 0 bridgehead atoms. The Morgan fingerprint density at radius 2 is 2.47 bits per heavy atom. The molecule has 82 valence electrons. The number of thiazole rings is 1. The first kappa shape index (κ1) is 10.8. The Morgan fingerprint density at radius 1 is 1.67 bits per heavy atom. The summed E-state index contributed by atoms with van der Waals surface area (Å²) in [6.07, 6.45) is 2.40. The molecule has 1 aliphatic rings. The van der Waals surface area contributed by atoms with Crippen LogP contribution in [0.5, 0.6) is 0 Å². The van der Waals surface area contributed by atoms with Gasteiger partial charge in [0.25, 0.3) is 0 Å². The highest BCUT2D eigenvalue weighted by molar-refractivity contribution is 7.92. The van der Waals surface area contributed by atoms with Crippen molar-refractivity contribution < 1.29 is 8.42 Å². The van der Waals surface area contributed by atoms with E-state index in [-0.39, 0.29) is 6.04 Å². The molecule has 0 spiro atoms. The van der Waals surface area contributed by atoms with Crippen LogP contribution in [0, 0.1) is 0 Å². The maximum atomic E-state index is 11.3. The lowest BCUT2D eigenvalue weighted by molar-refractivity contribution is 0.513. The first-order valence-electron chi connectivity index (χ1n) is 4.67. The standard InChI is InChI=1S/C9H12N2O2S2/c1-2-15(12,13)11-7-3-4-8-9(5-7)14-6-10-8/h2,6-7,11H,1,3-5H2. The fourth-order valence-corrected chi connectivity index (χ4v) is 3.34. The average molecular weight is 244 g/mol. The molecule has 1 atom stereocenters. The minimum absolute atomic E-state index is 0.0130. The van der Waals surface area contributed by atoms with Gasteiger partial charge in [-0.1, -0.05) is 6.58 Å². The summed E-state index contributed by atoms with van der Waals surface area (Å²) < 4.78 is 25.2. The lowest BCUT2D eigenvalue weighted by Gasteiger charge is -2.21. The van der Waals surface area contributed by atoms with E-state index in [1.54, 1.807) is 11.3 Å². The molecule has 1 aromatic heterocycles. The molecule has 0 aliphatic heterocycles. The van der Waals surface area contributed by atoms with Gasteiger partial charge < -0.3 is 0 Å². The number of aromatic nitrogens is 1. The summed E-state index contributed by atoms with van der Waals surface area (Å²) in [5, 5.41) is 0.954. The molecule has 1 aromatic rings. The highest BCUT2D eigenvalue weighted by Gasteiger charge is 2.23. The molecule has 1 heterocycles. The number of hydrogen-bond acceptors (Lipinski definition) is 4. The summed E-state index contributed by atoms with van der Waals surface area (Å²) in [7, 11) is -3.31. The van der Waals surface area contributed by atoms with Gasteiger partial charge in [0, 0.05) is 22.7 Å². The van der Waals surface area contributed by atoms with Gasteiger partial charge >= 0.3 is 0 Å². The van der Waals surface area contributed by atoms with Crippen LogP contribution in [0.15, 0.2) is 17.5 Å². The zero-order valence-electron chi connectivity index (χ0n) is 8.14. The molecule has 1 aliphatic carbocycles. The van der Waals surface area contributed by atoms with Gasteiger partial charge in [-0.2, -0.15) is 0 Å². The van der Waals surface area contributed by atoms with Gasteiger partial charge in [-0.05, 0) is 12.8 Å². The highest BCUT2D eigenvalue weighted by Crippen LogP contribution is 2.24. The second-order valence-corrected chi connectivity index (χ2v) is 6.09. The summed E-state index contributed by atoms with van der Waals surface area (Å²) in [5.41, 5.74) is 2.93. The van der Waals surface area contributed by atoms with Gasteiger partial charge in [0.2, 0.25) is 10.0 Å². The Kier molecular flexibility index (Phi) is 2.90. The molecule has 6 heteroatoms. The predicted molar refractivity (Wildman–Crippen MR) is 60.2 cm³/mol. The van der Waals surface area contributed by atoms with Crippen molar-refractivity contribution in [2.75, 3.05) is 0 Å². The summed E-state index contributed by atoms with van der Waals surface area (Å²) in [5.74, 6) is 0. The minimum Gasteiger partial charge on any atom is -0.249 e. The molecule has 0 amide bonds. The van der Waals surface area contributed by atoms with E-state index >= 15 is 0 Å². The Balaban J connectivity index is 2.08. The lowest BCUT2D eigenvalue weighted by Crippen LogP contribution is -2.37. The number of fused-ring (bicyclic) bond motifs is 1. The van der Waals surface area contributed by atoms with Crippen LogP contribution < -0.4 is 4.72 Å². The smallest absolute Gasteiger partial charge is 0.233 e. The molecule has 15 heavy (non-hydrogen) atoms. The fourth-order valence-electron chi connectivity index (χ4n) is 1.68. The van der Waals surface area contributed by atoms with Crippen LogP contribution in [-0.4, -0.2) is 19.4 Å². The van der Waals surface area contributed by atoms with Gasteiger partial charge in [-0.25, -0.2) is 18.1 Å². The number of hydrogen-bond donors (Lipinski definition) is 1. The van der Waals surface area contributed by atoms with Gasteiger partial charge in [0.15, 0.2) is 0 Å². The fraction of sp³-hybridized carbons (Fsp3) is 0.444. The quantitative estimate of drug-likeness (QED) is 0.865. The molecular weight excluding hydrogens is 232 g/mol. The third-order valence-electron chi connectivity index (χ3n) is 2.44. The van der Waals surface area contributed by atoms with E-state index in [0.717, 1.165) is 30.4 Å². The molecule has 1 N–H and O–H groups in total. The molecule has 0 saturated heterocycles. The van der Waals surface area contributed by atoms with Crippen molar-refractivity contribution in [2.45, 2.75) is 25.3 Å². The van der Waals surface area contributed by atoms with Crippen molar-refractivity contribution in [3.05, 3.63) is 28.1 Å². The summed E-state index contributed by atoms with van der Waals surface area (Å²) >= 11 is 1.59. The van der Waals surface area contributed by atoms with Crippen molar-refractivity contribution in [2.24, 2.45) is 0 Å². The third-order valence-corrected chi connectivity index (χ3v) is 4.44. The average Bonchev–Trinajstić information content (AvgIpc) is 2.64. The lowest BCUT2D eigenvalue weighted by atomic mass is 9.99. The van der Waals surface area contributed by atoms with E-state index in [9.17, 15) is 8.42 Å². The molecule has 2 rings (SSSR count). The zero-order valence-corrected chi connectivity index (χ0v) is 9.77. The normalized spacial score (nSPS) is 20.9. The second-order valence-electron chi connectivity index (χ2n) is 3.49. The number of aryl methyl sites for hydroxylation is 1. The first-order valence-corrected chi connectivity index (χ1v) is 7.09. The molecule has 0 fully saturated rings. The van der Waals surface area contributed by atoms with E-state index in [4.69, 9.17) is 0 Å². The van der Waals surface area contributed by atoms with Crippen LogP contribution in [0.25, 0.3) is 0 Å². The van der Waals surface area contributed by atoms with Gasteiger partial charge in [0.05, 0.1) is 11.2 Å². The summed E-state index contributed by atoms with van der Waals surface area (Å²) in [4.78, 5) is 5.42. The van der Waals surface area contributed by atoms with Crippen molar-refractivity contribution in [3.8, 4) is 0 Å². The number of nitrogens with zero attached hydrogens (tertiary/aromatic N) is 1. The van der Waals surface area contributed by atoms with Crippen LogP contribution in [0.4, 0.5) is 0 Å². The number of nitrogens with one attached hydrogen (secondary N) is 1. The maximum Gasteiger partial charge on any atom is 0.233 e. The van der Waals surface area contributed by atoms with Gasteiger partial charge in [-0.15, -0.1) is 11.3 Å². The van der Waals surface area contributed by atoms with Crippen molar-refractivity contribution in [1.29, 1.82) is 0 Å².